The largest absolute Gasteiger partial charge is 0.339 e. The number of carbonyl (C=O) groups is 1. The monoisotopic (exact) mass is 275 g/mol. The molecule has 4 nitrogen and oxygen atoms in total. The number of nitrogens with zero attached hydrogens (tertiary/aromatic N) is 2. The minimum Gasteiger partial charge on any atom is -0.339 e. The number of hydrogen-bond donors (Lipinski definition) is 1. The summed E-state index contributed by atoms with van der Waals surface area (Å²) in [5.74, 6) is -0.0738. The highest BCUT2D eigenvalue weighted by Gasteiger charge is 2.35. The van der Waals surface area contributed by atoms with Gasteiger partial charge in [-0.15, -0.1) is 0 Å². The molecule has 1 aliphatic heterocycles. The van der Waals surface area contributed by atoms with E-state index in [1.807, 2.05) is 35.2 Å². The van der Waals surface area contributed by atoms with Gasteiger partial charge in [0, 0.05) is 31.7 Å². The van der Waals surface area contributed by atoms with Gasteiger partial charge in [0.25, 0.3) is 0 Å². The van der Waals surface area contributed by atoms with Crippen molar-refractivity contribution in [2.75, 3.05) is 33.2 Å². The van der Waals surface area contributed by atoms with Gasteiger partial charge in [-0.3, -0.25) is 9.69 Å². The minimum atomic E-state index is -0.226. The molecule has 1 atom stereocenters. The summed E-state index contributed by atoms with van der Waals surface area (Å²) in [4.78, 5) is 17.0. The maximum Gasteiger partial charge on any atom is 0.231 e. The Morgan fingerprint density at radius 1 is 1.30 bits per heavy atom. The first-order valence-corrected chi connectivity index (χ1v) is 7.21. The predicted molar refractivity (Wildman–Crippen MR) is 81.5 cm³/mol. The molecule has 2 N–H and O–H groups in total. The van der Waals surface area contributed by atoms with E-state index in [0.717, 1.165) is 25.2 Å². The van der Waals surface area contributed by atoms with E-state index in [-0.39, 0.29) is 17.4 Å². The zero-order chi connectivity index (χ0) is 14.8. The van der Waals surface area contributed by atoms with Crippen LogP contribution in [-0.2, 0) is 4.79 Å². The van der Waals surface area contributed by atoms with Crippen LogP contribution in [0, 0.1) is 0 Å². The number of likely N-dealkylation sites (N-methyl/N-ethyl adjacent to an activating group) is 1. The third kappa shape index (κ3) is 3.02. The normalized spacial score (nSPS) is 20.7. The fourth-order valence-corrected chi connectivity index (χ4v) is 2.71. The molecule has 0 aliphatic carbocycles. The van der Waals surface area contributed by atoms with Gasteiger partial charge >= 0.3 is 0 Å². The van der Waals surface area contributed by atoms with E-state index in [9.17, 15) is 4.79 Å². The number of nitrogens with two attached hydrogens (primary N) is 1. The lowest BCUT2D eigenvalue weighted by molar-refractivity contribution is -0.137. The van der Waals surface area contributed by atoms with Gasteiger partial charge in [0.2, 0.25) is 5.91 Å². The number of benzene rings is 1. The number of piperazine rings is 1. The summed E-state index contributed by atoms with van der Waals surface area (Å²) < 4.78 is 0. The first-order chi connectivity index (χ1) is 9.45. The maximum absolute atomic E-state index is 12.8. The smallest absolute Gasteiger partial charge is 0.231 e. The Labute approximate surface area is 121 Å². The quantitative estimate of drug-likeness (QED) is 0.904. The van der Waals surface area contributed by atoms with Crippen LogP contribution in [-0.4, -0.2) is 54.5 Å². The van der Waals surface area contributed by atoms with E-state index >= 15 is 0 Å². The van der Waals surface area contributed by atoms with Gasteiger partial charge in [0.1, 0.15) is 0 Å². The van der Waals surface area contributed by atoms with Gasteiger partial charge in [-0.2, -0.15) is 0 Å². The van der Waals surface area contributed by atoms with Crippen LogP contribution in [0.3, 0.4) is 0 Å². The molecule has 0 aromatic heterocycles. The molecule has 0 bridgehead atoms. The van der Waals surface area contributed by atoms with E-state index < -0.39 is 0 Å². The van der Waals surface area contributed by atoms with Crippen molar-refractivity contribution in [3.63, 3.8) is 0 Å². The summed E-state index contributed by atoms with van der Waals surface area (Å²) in [5, 5.41) is 0. The Morgan fingerprint density at radius 3 is 2.50 bits per heavy atom. The Balaban J connectivity index is 2.14. The second kappa shape index (κ2) is 5.94. The molecule has 110 valence electrons. The lowest BCUT2D eigenvalue weighted by Gasteiger charge is -2.46. The van der Waals surface area contributed by atoms with Crippen molar-refractivity contribution in [3.8, 4) is 0 Å². The van der Waals surface area contributed by atoms with Gasteiger partial charge in [-0.05, 0) is 26.5 Å². The second-order valence-electron chi connectivity index (χ2n) is 6.19. The van der Waals surface area contributed by atoms with E-state index in [2.05, 4.69) is 25.8 Å². The van der Waals surface area contributed by atoms with Gasteiger partial charge < -0.3 is 10.6 Å². The predicted octanol–water partition coefficient (Wildman–Crippen LogP) is 1.28. The molecular formula is C16H25N3O. The van der Waals surface area contributed by atoms with Crippen molar-refractivity contribution in [2.45, 2.75) is 25.3 Å². The zero-order valence-corrected chi connectivity index (χ0v) is 12.7. The molecule has 1 heterocycles. The third-order valence-corrected chi connectivity index (χ3v) is 4.36. The molecule has 1 aromatic rings. The van der Waals surface area contributed by atoms with Crippen molar-refractivity contribution in [3.05, 3.63) is 35.9 Å². The SMILES string of the molecule is CN1CCN(C(=O)C(CN)c2ccccc2)CC1(C)C. The van der Waals surface area contributed by atoms with E-state index in [4.69, 9.17) is 5.73 Å². The van der Waals surface area contributed by atoms with Crippen molar-refractivity contribution >= 4 is 5.91 Å². The minimum absolute atomic E-state index is 0.0176. The average molecular weight is 275 g/mol. The third-order valence-electron chi connectivity index (χ3n) is 4.36. The van der Waals surface area contributed by atoms with Gasteiger partial charge in [-0.25, -0.2) is 0 Å². The van der Waals surface area contributed by atoms with Crippen LogP contribution in [0.2, 0.25) is 0 Å². The molecule has 0 spiro atoms. The molecule has 1 aliphatic rings. The Hall–Kier alpha value is -1.39. The van der Waals surface area contributed by atoms with Crippen molar-refractivity contribution < 1.29 is 4.79 Å². The molecule has 0 radical (unpaired) electrons. The molecule has 1 amide bonds. The molecule has 0 saturated carbocycles. The summed E-state index contributed by atoms with van der Waals surface area (Å²) in [7, 11) is 2.11. The van der Waals surface area contributed by atoms with Crippen LogP contribution in [0.4, 0.5) is 0 Å². The second-order valence-corrected chi connectivity index (χ2v) is 6.19. The first-order valence-electron chi connectivity index (χ1n) is 7.21. The molecule has 20 heavy (non-hydrogen) atoms. The molecule has 1 fully saturated rings. The molecule has 1 unspecified atom stereocenters. The summed E-state index contributed by atoms with van der Waals surface area (Å²) in [6.07, 6.45) is 0. The van der Waals surface area contributed by atoms with Gasteiger partial charge in [0.05, 0.1) is 5.92 Å². The molecule has 1 saturated heterocycles. The standard InChI is InChI=1S/C16H25N3O/c1-16(2)12-19(10-9-18(16)3)15(20)14(11-17)13-7-5-4-6-8-13/h4-8,14H,9-12,17H2,1-3H3. The van der Waals surface area contributed by atoms with Crippen LogP contribution in [0.25, 0.3) is 0 Å². The maximum atomic E-state index is 12.8. The highest BCUT2D eigenvalue weighted by Crippen LogP contribution is 2.23. The highest BCUT2D eigenvalue weighted by atomic mass is 16.2. The van der Waals surface area contributed by atoms with Crippen LogP contribution >= 0.6 is 0 Å². The number of carbonyl (C=O) groups excluding carboxylic acids is 1. The Bertz CT molecular complexity index is 458. The highest BCUT2D eigenvalue weighted by molar-refractivity contribution is 5.84. The van der Waals surface area contributed by atoms with E-state index in [0.29, 0.717) is 6.54 Å². The first kappa shape index (κ1) is 15.0. The number of hydrogen-bond acceptors (Lipinski definition) is 3. The van der Waals surface area contributed by atoms with Crippen LogP contribution < -0.4 is 5.73 Å². The van der Waals surface area contributed by atoms with Crippen molar-refractivity contribution in [1.29, 1.82) is 0 Å². The molecular weight excluding hydrogens is 250 g/mol. The fraction of sp³-hybridized carbons (Fsp3) is 0.562. The van der Waals surface area contributed by atoms with Crippen molar-refractivity contribution in [2.24, 2.45) is 5.73 Å². The number of rotatable bonds is 3. The zero-order valence-electron chi connectivity index (χ0n) is 12.7. The van der Waals surface area contributed by atoms with Gasteiger partial charge in [-0.1, -0.05) is 30.3 Å². The Kier molecular flexibility index (Phi) is 4.45. The van der Waals surface area contributed by atoms with E-state index in [1.54, 1.807) is 0 Å². The lowest BCUT2D eigenvalue weighted by atomic mass is 9.94. The average Bonchev–Trinajstić information content (AvgIpc) is 2.43. The summed E-state index contributed by atoms with van der Waals surface area (Å²) >= 11 is 0. The Morgan fingerprint density at radius 2 is 1.95 bits per heavy atom. The van der Waals surface area contributed by atoms with Crippen LogP contribution in [0.1, 0.15) is 25.3 Å². The summed E-state index contributed by atoms with van der Waals surface area (Å²) in [5.41, 5.74) is 6.88. The summed E-state index contributed by atoms with van der Waals surface area (Å²) in [6.45, 7) is 7.15. The van der Waals surface area contributed by atoms with Gasteiger partial charge in [0.15, 0.2) is 0 Å². The lowest BCUT2D eigenvalue weighted by Crippen LogP contribution is -2.59. The summed E-state index contributed by atoms with van der Waals surface area (Å²) in [6, 6.07) is 9.84. The van der Waals surface area contributed by atoms with Crippen LogP contribution in [0.15, 0.2) is 30.3 Å². The molecule has 2 rings (SSSR count). The van der Waals surface area contributed by atoms with Crippen molar-refractivity contribution in [1.82, 2.24) is 9.80 Å². The molecule has 1 aromatic carbocycles. The topological polar surface area (TPSA) is 49.6 Å². The number of amides is 1. The van der Waals surface area contributed by atoms with Crippen LogP contribution in [0.5, 0.6) is 0 Å². The molecule has 4 heteroatoms. The fourth-order valence-electron chi connectivity index (χ4n) is 2.71. The van der Waals surface area contributed by atoms with E-state index in [1.165, 1.54) is 0 Å².